The van der Waals surface area contributed by atoms with E-state index in [9.17, 15) is 4.79 Å². The lowest BCUT2D eigenvalue weighted by molar-refractivity contribution is 0.0467. The van der Waals surface area contributed by atoms with Crippen LogP contribution in [0.4, 0.5) is 0 Å². The monoisotopic (exact) mass is 203 g/mol. The van der Waals surface area contributed by atoms with E-state index in [1.165, 1.54) is 12.5 Å². The van der Waals surface area contributed by atoms with Crippen LogP contribution in [-0.4, -0.2) is 11.0 Å². The summed E-state index contributed by atoms with van der Waals surface area (Å²) < 4.78 is 9.78. The number of esters is 1. The minimum absolute atomic E-state index is 0.171. The Hall–Kier alpha value is -2.10. The summed E-state index contributed by atoms with van der Waals surface area (Å²) in [6.07, 6.45) is 4.43. The molecule has 76 valence electrons. The molecular formula is C11H9NO3. The molecule has 2 aromatic rings. The van der Waals surface area contributed by atoms with Crippen molar-refractivity contribution in [3.63, 3.8) is 0 Å². The van der Waals surface area contributed by atoms with Crippen LogP contribution in [0.5, 0.6) is 0 Å². The van der Waals surface area contributed by atoms with Crippen LogP contribution < -0.4 is 0 Å². The molecule has 0 amide bonds. The van der Waals surface area contributed by atoms with Crippen molar-refractivity contribution >= 4 is 5.97 Å². The molecule has 15 heavy (non-hydrogen) atoms. The lowest BCUT2D eigenvalue weighted by Crippen LogP contribution is -2.04. The number of nitrogens with zero attached hydrogens (tertiary/aromatic N) is 1. The van der Waals surface area contributed by atoms with Gasteiger partial charge in [0.25, 0.3) is 0 Å². The number of furan rings is 1. The van der Waals surface area contributed by atoms with E-state index in [0.717, 1.165) is 0 Å². The molecule has 2 rings (SSSR count). The van der Waals surface area contributed by atoms with Gasteiger partial charge in [-0.25, -0.2) is 4.79 Å². The molecule has 4 heteroatoms. The van der Waals surface area contributed by atoms with Gasteiger partial charge < -0.3 is 9.15 Å². The van der Waals surface area contributed by atoms with E-state index in [2.05, 4.69) is 4.98 Å². The molecule has 0 unspecified atom stereocenters. The van der Waals surface area contributed by atoms with E-state index < -0.39 is 5.97 Å². The van der Waals surface area contributed by atoms with E-state index in [-0.39, 0.29) is 6.61 Å². The smallest absolute Gasteiger partial charge is 0.341 e. The van der Waals surface area contributed by atoms with Crippen molar-refractivity contribution in [1.82, 2.24) is 4.98 Å². The van der Waals surface area contributed by atoms with Gasteiger partial charge in [-0.1, -0.05) is 6.07 Å². The van der Waals surface area contributed by atoms with E-state index in [0.29, 0.717) is 11.3 Å². The topological polar surface area (TPSA) is 52.3 Å². The zero-order valence-electron chi connectivity index (χ0n) is 7.92. The lowest BCUT2D eigenvalue weighted by atomic mass is 10.3. The first kappa shape index (κ1) is 9.45. The van der Waals surface area contributed by atoms with Gasteiger partial charge in [-0.15, -0.1) is 0 Å². The van der Waals surface area contributed by atoms with Gasteiger partial charge in [0.15, 0.2) is 0 Å². The summed E-state index contributed by atoms with van der Waals surface area (Å²) in [5, 5.41) is 0. The third kappa shape index (κ3) is 2.43. The highest BCUT2D eigenvalue weighted by atomic mass is 16.5. The molecule has 0 atom stereocenters. The first-order chi connectivity index (χ1) is 7.36. The fourth-order valence-electron chi connectivity index (χ4n) is 1.09. The number of pyridine rings is 1. The SMILES string of the molecule is O=C(OCc1ccccn1)c1ccoc1. The Labute approximate surface area is 86.5 Å². The molecule has 0 aromatic carbocycles. The molecule has 0 saturated carbocycles. The number of ether oxygens (including phenoxy) is 1. The average Bonchev–Trinajstić information content (AvgIpc) is 2.81. The largest absolute Gasteiger partial charge is 0.472 e. The number of hydrogen-bond acceptors (Lipinski definition) is 4. The van der Waals surface area contributed by atoms with Crippen LogP contribution >= 0.6 is 0 Å². The highest BCUT2D eigenvalue weighted by Gasteiger charge is 2.08. The van der Waals surface area contributed by atoms with Gasteiger partial charge in [0, 0.05) is 6.20 Å². The lowest BCUT2D eigenvalue weighted by Gasteiger charge is -2.01. The highest BCUT2D eigenvalue weighted by Crippen LogP contribution is 2.04. The van der Waals surface area contributed by atoms with Crippen LogP contribution in [0.2, 0.25) is 0 Å². The van der Waals surface area contributed by atoms with Crippen molar-refractivity contribution in [2.45, 2.75) is 6.61 Å². The maximum atomic E-state index is 11.4. The van der Waals surface area contributed by atoms with Crippen molar-refractivity contribution in [3.05, 3.63) is 54.2 Å². The average molecular weight is 203 g/mol. The van der Waals surface area contributed by atoms with E-state index in [1.807, 2.05) is 6.07 Å². The predicted octanol–water partition coefficient (Wildman–Crippen LogP) is 2.03. The fraction of sp³-hybridized carbons (Fsp3) is 0.0909. The Morgan fingerprint density at radius 2 is 2.33 bits per heavy atom. The molecule has 0 radical (unpaired) electrons. The minimum Gasteiger partial charge on any atom is -0.472 e. The zero-order chi connectivity index (χ0) is 10.5. The second-order valence-electron chi connectivity index (χ2n) is 2.91. The summed E-state index contributed by atoms with van der Waals surface area (Å²) >= 11 is 0. The van der Waals surface area contributed by atoms with Gasteiger partial charge >= 0.3 is 5.97 Å². The van der Waals surface area contributed by atoms with Crippen molar-refractivity contribution < 1.29 is 13.9 Å². The summed E-state index contributed by atoms with van der Waals surface area (Å²) in [6.45, 7) is 0.171. The Morgan fingerprint density at radius 1 is 1.40 bits per heavy atom. The molecule has 2 aromatic heterocycles. The van der Waals surface area contributed by atoms with E-state index in [1.54, 1.807) is 24.4 Å². The number of rotatable bonds is 3. The van der Waals surface area contributed by atoms with Crippen LogP contribution in [0.1, 0.15) is 16.1 Å². The molecule has 0 aliphatic carbocycles. The Kier molecular flexibility index (Phi) is 2.78. The van der Waals surface area contributed by atoms with Crippen molar-refractivity contribution in [2.24, 2.45) is 0 Å². The van der Waals surface area contributed by atoms with Crippen LogP contribution in [0, 0.1) is 0 Å². The van der Waals surface area contributed by atoms with Crippen molar-refractivity contribution in [2.75, 3.05) is 0 Å². The summed E-state index contributed by atoms with van der Waals surface area (Å²) in [5.74, 6) is -0.408. The molecule has 0 fully saturated rings. The maximum absolute atomic E-state index is 11.4. The number of carbonyl (C=O) groups is 1. The molecule has 0 spiro atoms. The number of hydrogen-bond donors (Lipinski definition) is 0. The van der Waals surface area contributed by atoms with Gasteiger partial charge in [0.05, 0.1) is 17.5 Å². The number of carbonyl (C=O) groups excluding carboxylic acids is 1. The molecule has 0 saturated heterocycles. The van der Waals surface area contributed by atoms with Crippen molar-refractivity contribution in [3.8, 4) is 0 Å². The van der Waals surface area contributed by atoms with E-state index in [4.69, 9.17) is 9.15 Å². The highest BCUT2D eigenvalue weighted by molar-refractivity contribution is 5.88. The predicted molar refractivity (Wildman–Crippen MR) is 52.1 cm³/mol. The third-order valence-corrected chi connectivity index (χ3v) is 1.83. The second kappa shape index (κ2) is 4.41. The van der Waals surface area contributed by atoms with Crippen LogP contribution in [0.15, 0.2) is 47.4 Å². The fourth-order valence-corrected chi connectivity index (χ4v) is 1.09. The third-order valence-electron chi connectivity index (χ3n) is 1.83. The minimum atomic E-state index is -0.408. The summed E-state index contributed by atoms with van der Waals surface area (Å²) in [7, 11) is 0. The first-order valence-electron chi connectivity index (χ1n) is 4.45. The first-order valence-corrected chi connectivity index (χ1v) is 4.45. The molecule has 0 N–H and O–H groups in total. The van der Waals surface area contributed by atoms with Crippen molar-refractivity contribution in [1.29, 1.82) is 0 Å². The van der Waals surface area contributed by atoms with Gasteiger partial charge in [-0.2, -0.15) is 0 Å². The van der Waals surface area contributed by atoms with Crippen LogP contribution in [0.25, 0.3) is 0 Å². The second-order valence-corrected chi connectivity index (χ2v) is 2.91. The molecule has 0 aliphatic heterocycles. The zero-order valence-corrected chi connectivity index (χ0v) is 7.92. The van der Waals surface area contributed by atoms with Gasteiger partial charge in [0.2, 0.25) is 0 Å². The van der Waals surface area contributed by atoms with E-state index >= 15 is 0 Å². The van der Waals surface area contributed by atoms with Crippen LogP contribution in [0.3, 0.4) is 0 Å². The standard InChI is InChI=1S/C11H9NO3/c13-11(9-4-6-14-7-9)15-8-10-3-1-2-5-12-10/h1-7H,8H2. The Morgan fingerprint density at radius 3 is 3.00 bits per heavy atom. The van der Waals surface area contributed by atoms with Gasteiger partial charge in [-0.05, 0) is 18.2 Å². The van der Waals surface area contributed by atoms with Gasteiger partial charge in [0.1, 0.15) is 12.9 Å². The molecule has 4 nitrogen and oxygen atoms in total. The van der Waals surface area contributed by atoms with Gasteiger partial charge in [-0.3, -0.25) is 4.98 Å². The Bertz CT molecular complexity index is 422. The number of aromatic nitrogens is 1. The summed E-state index contributed by atoms with van der Waals surface area (Å²) in [4.78, 5) is 15.4. The quantitative estimate of drug-likeness (QED) is 0.716. The molecular weight excluding hydrogens is 194 g/mol. The molecule has 2 heterocycles. The maximum Gasteiger partial charge on any atom is 0.341 e. The summed E-state index contributed by atoms with van der Waals surface area (Å²) in [6, 6.07) is 7.00. The van der Waals surface area contributed by atoms with Crippen LogP contribution in [-0.2, 0) is 11.3 Å². The Balaban J connectivity index is 1.92. The normalized spacial score (nSPS) is 9.87. The molecule has 0 bridgehead atoms. The molecule has 0 aliphatic rings. The summed E-state index contributed by atoms with van der Waals surface area (Å²) in [5.41, 5.74) is 1.13.